The van der Waals surface area contributed by atoms with Crippen molar-refractivity contribution in [2.24, 2.45) is 10.8 Å². The maximum atomic E-state index is 15.3. The zero-order valence-corrected chi connectivity index (χ0v) is 25.0. The lowest BCUT2D eigenvalue weighted by Gasteiger charge is -2.26. The van der Waals surface area contributed by atoms with E-state index in [4.69, 9.17) is 32.2 Å². The number of hydrogen-bond donors (Lipinski definition) is 1. The van der Waals surface area contributed by atoms with Gasteiger partial charge in [-0.3, -0.25) is 4.98 Å². The number of pyridine rings is 1. The van der Waals surface area contributed by atoms with Crippen molar-refractivity contribution in [3.8, 4) is 23.0 Å². The van der Waals surface area contributed by atoms with Crippen LogP contribution in [0.2, 0.25) is 0 Å². The van der Waals surface area contributed by atoms with Crippen LogP contribution in [0.15, 0.2) is 65.9 Å². The molecule has 0 unspecified atom stereocenters. The largest absolute Gasteiger partial charge is 0.493 e. The zero-order chi connectivity index (χ0) is 31.1. The lowest BCUT2D eigenvalue weighted by molar-refractivity contribution is 0.203. The molecule has 2 heterocycles. The molecule has 1 aromatic heterocycles. The topological polar surface area (TPSA) is 85.4 Å². The van der Waals surface area contributed by atoms with Crippen LogP contribution < -0.4 is 25.0 Å². The van der Waals surface area contributed by atoms with Crippen LogP contribution >= 0.6 is 12.2 Å². The van der Waals surface area contributed by atoms with E-state index in [9.17, 15) is 8.78 Å². The van der Waals surface area contributed by atoms with Gasteiger partial charge in [-0.2, -0.15) is 5.10 Å². The lowest BCUT2D eigenvalue weighted by Crippen LogP contribution is -2.31. The average molecular weight is 624 g/mol. The van der Waals surface area contributed by atoms with E-state index in [1.165, 1.54) is 43.7 Å². The highest BCUT2D eigenvalue weighted by Gasteiger charge is 2.17. The Bertz CT molecular complexity index is 1670. The Morgan fingerprint density at radius 3 is 2.50 bits per heavy atom. The summed E-state index contributed by atoms with van der Waals surface area (Å²) in [5.74, 6) is -1.35. The van der Waals surface area contributed by atoms with Crippen LogP contribution in [-0.4, -0.2) is 54.6 Å². The predicted molar refractivity (Wildman–Crippen MR) is 168 cm³/mol. The van der Waals surface area contributed by atoms with Gasteiger partial charge in [-0.05, 0) is 86.5 Å². The third-order valence-corrected chi connectivity index (χ3v) is 7.34. The fourth-order valence-corrected chi connectivity index (χ4v) is 5.09. The number of nitrogens with zero attached hydrogens (tertiary/aromatic N) is 4. The number of aromatic nitrogens is 1. The molecule has 0 amide bonds. The number of thiocarbonyl (C=S) groups is 1. The van der Waals surface area contributed by atoms with E-state index in [1.54, 1.807) is 31.5 Å². The molecule has 0 radical (unpaired) electrons. The van der Waals surface area contributed by atoms with Gasteiger partial charge in [-0.1, -0.05) is 12.5 Å². The van der Waals surface area contributed by atoms with Gasteiger partial charge in [0, 0.05) is 30.3 Å². The van der Waals surface area contributed by atoms with Crippen LogP contribution in [0, 0.1) is 17.5 Å². The molecule has 0 spiro atoms. The van der Waals surface area contributed by atoms with Gasteiger partial charge in [0.15, 0.2) is 39.8 Å². The summed E-state index contributed by atoms with van der Waals surface area (Å²) in [6.45, 7) is 3.82. The number of ether oxygens (including phenoxy) is 3. The Balaban J connectivity index is 1.31. The van der Waals surface area contributed by atoms with E-state index in [0.717, 1.165) is 49.3 Å². The third-order valence-electron chi connectivity index (χ3n) is 7.17. The smallest absolute Gasteiger partial charge is 0.191 e. The normalized spacial score (nSPS) is 13.7. The molecule has 0 aliphatic carbocycles. The van der Waals surface area contributed by atoms with E-state index in [-0.39, 0.29) is 22.1 Å². The number of benzene rings is 3. The molecule has 0 bridgehead atoms. The number of anilines is 1. The van der Waals surface area contributed by atoms with Crippen LogP contribution in [0.25, 0.3) is 10.9 Å². The minimum atomic E-state index is -1.03. The maximum Gasteiger partial charge on any atom is 0.191 e. The number of likely N-dealkylation sites (tertiary alicyclic amines) is 1. The van der Waals surface area contributed by atoms with Crippen LogP contribution in [0.4, 0.5) is 18.9 Å². The summed E-state index contributed by atoms with van der Waals surface area (Å²) in [4.78, 5) is 6.91. The summed E-state index contributed by atoms with van der Waals surface area (Å²) in [6, 6.07) is 12.5. The molecular formula is C32H32F3N5O3S. The molecule has 0 saturated carbocycles. The van der Waals surface area contributed by atoms with E-state index in [0.29, 0.717) is 34.8 Å². The predicted octanol–water partition coefficient (Wildman–Crippen LogP) is 6.79. The summed E-state index contributed by atoms with van der Waals surface area (Å²) >= 11 is 5.06. The van der Waals surface area contributed by atoms with Gasteiger partial charge in [-0.25, -0.2) is 18.2 Å². The van der Waals surface area contributed by atoms with Crippen molar-refractivity contribution in [2.45, 2.75) is 25.7 Å². The van der Waals surface area contributed by atoms with Crippen LogP contribution in [0.3, 0.4) is 0 Å². The molecule has 3 aromatic carbocycles. The van der Waals surface area contributed by atoms with Crippen molar-refractivity contribution in [1.82, 2.24) is 9.88 Å². The molecule has 1 fully saturated rings. The zero-order valence-electron chi connectivity index (χ0n) is 24.1. The molecule has 44 heavy (non-hydrogen) atoms. The van der Waals surface area contributed by atoms with Crippen molar-refractivity contribution in [2.75, 3.05) is 38.4 Å². The standard InChI is InChI=1S/C32H32F3N5O3S/c1-41-30-18-23-27(19-31(30)42-15-5-14-39-12-3-2-4-13-39)37-11-10-28(23)43-29-9-7-22(17-26(29)35)40(32(36)44)38-20-21-6-8-24(33)25(34)16-21/h6-11,16-20H,2-5,12-15H2,1H3,(H2,36,44)/b38-20+. The second kappa shape index (κ2) is 14.4. The second-order valence-corrected chi connectivity index (χ2v) is 10.6. The summed E-state index contributed by atoms with van der Waals surface area (Å²) in [5, 5.41) is 5.62. The first kappa shape index (κ1) is 31.0. The Hall–Kier alpha value is -4.42. The number of rotatable bonds is 11. The van der Waals surface area contributed by atoms with E-state index in [1.807, 2.05) is 0 Å². The molecule has 230 valence electrons. The van der Waals surface area contributed by atoms with E-state index < -0.39 is 17.5 Å². The van der Waals surface area contributed by atoms with Crippen molar-refractivity contribution in [3.05, 3.63) is 83.8 Å². The number of hydrazone groups is 1. The summed E-state index contributed by atoms with van der Waals surface area (Å²) in [6.07, 6.45) is 7.50. The molecule has 8 nitrogen and oxygen atoms in total. The number of nitrogens with two attached hydrogens (primary N) is 1. The SMILES string of the molecule is COc1cc2c(Oc3ccc(N(/N=C/c4ccc(F)c(F)c4)C(N)=S)cc3F)ccnc2cc1OCCCN1CCCCC1. The highest BCUT2D eigenvalue weighted by molar-refractivity contribution is 7.80. The molecule has 1 aliphatic rings. The first-order chi connectivity index (χ1) is 21.3. The Morgan fingerprint density at radius 1 is 0.955 bits per heavy atom. The Morgan fingerprint density at radius 2 is 1.77 bits per heavy atom. The summed E-state index contributed by atoms with van der Waals surface area (Å²) < 4.78 is 59.7. The van der Waals surface area contributed by atoms with Gasteiger partial charge in [-0.15, -0.1) is 0 Å². The Kier molecular flexibility index (Phi) is 10.1. The fraction of sp³-hybridized carbons (Fsp3) is 0.281. The molecule has 5 rings (SSSR count). The van der Waals surface area contributed by atoms with E-state index in [2.05, 4.69) is 15.0 Å². The van der Waals surface area contributed by atoms with Gasteiger partial charge in [0.2, 0.25) is 0 Å². The number of piperidine rings is 1. The van der Waals surface area contributed by atoms with Crippen LogP contribution in [-0.2, 0) is 0 Å². The molecule has 1 aliphatic heterocycles. The van der Waals surface area contributed by atoms with Gasteiger partial charge in [0.05, 0.1) is 31.1 Å². The number of hydrogen-bond acceptors (Lipinski definition) is 7. The molecule has 2 N–H and O–H groups in total. The summed E-state index contributed by atoms with van der Waals surface area (Å²) in [5.41, 5.74) is 6.85. The fourth-order valence-electron chi connectivity index (χ4n) is 4.93. The first-order valence-electron chi connectivity index (χ1n) is 14.2. The average Bonchev–Trinajstić information content (AvgIpc) is 3.02. The number of halogens is 3. The third kappa shape index (κ3) is 7.56. The van der Waals surface area contributed by atoms with Gasteiger partial charge in [0.1, 0.15) is 5.75 Å². The molecule has 0 atom stereocenters. The van der Waals surface area contributed by atoms with Gasteiger partial charge >= 0.3 is 0 Å². The van der Waals surface area contributed by atoms with Crippen LogP contribution in [0.1, 0.15) is 31.2 Å². The van der Waals surface area contributed by atoms with Crippen LogP contribution in [0.5, 0.6) is 23.0 Å². The molecule has 1 saturated heterocycles. The van der Waals surface area contributed by atoms with Crippen molar-refractivity contribution in [1.29, 1.82) is 0 Å². The first-order valence-corrected chi connectivity index (χ1v) is 14.6. The van der Waals surface area contributed by atoms with Gasteiger partial charge in [0.25, 0.3) is 0 Å². The van der Waals surface area contributed by atoms with Crippen molar-refractivity contribution < 1.29 is 27.4 Å². The maximum absolute atomic E-state index is 15.3. The second-order valence-electron chi connectivity index (χ2n) is 10.2. The summed E-state index contributed by atoms with van der Waals surface area (Å²) in [7, 11) is 1.56. The molecule has 4 aromatic rings. The highest BCUT2D eigenvalue weighted by Crippen LogP contribution is 2.38. The quantitative estimate of drug-likeness (QED) is 0.0846. The minimum Gasteiger partial charge on any atom is -0.493 e. The number of methoxy groups -OCH3 is 1. The highest BCUT2D eigenvalue weighted by atomic mass is 32.1. The van der Waals surface area contributed by atoms with E-state index >= 15 is 4.39 Å². The lowest BCUT2D eigenvalue weighted by atomic mass is 10.1. The number of fused-ring (bicyclic) bond motifs is 1. The monoisotopic (exact) mass is 623 g/mol. The van der Waals surface area contributed by atoms with Crippen molar-refractivity contribution >= 4 is 40.1 Å². The van der Waals surface area contributed by atoms with Gasteiger partial charge < -0.3 is 24.8 Å². The molecular weight excluding hydrogens is 591 g/mol. The minimum absolute atomic E-state index is 0.0641. The Labute approximate surface area is 258 Å². The molecule has 12 heteroatoms. The van der Waals surface area contributed by atoms with Crippen molar-refractivity contribution in [3.63, 3.8) is 0 Å².